The number of nitrogens with zero attached hydrogens (tertiary/aromatic N) is 3. The molecule has 2 aliphatic heterocycles. The summed E-state index contributed by atoms with van der Waals surface area (Å²) in [4.78, 5) is 28.4. The number of nitro benzene ring substituents is 1. The molecule has 176 valence electrons. The van der Waals surface area contributed by atoms with Gasteiger partial charge in [0.15, 0.2) is 0 Å². The van der Waals surface area contributed by atoms with E-state index in [4.69, 9.17) is 4.74 Å². The molecule has 0 aromatic heterocycles. The number of hydrogen-bond acceptors (Lipinski definition) is 5. The van der Waals surface area contributed by atoms with Gasteiger partial charge in [-0.3, -0.25) is 19.8 Å². The Labute approximate surface area is 193 Å². The molecule has 1 unspecified atom stereocenters. The monoisotopic (exact) mass is 455 g/mol. The molecule has 0 radical (unpaired) electrons. The number of hydrogen-bond donors (Lipinski definition) is 0. The van der Waals surface area contributed by atoms with Crippen LogP contribution >= 0.6 is 0 Å². The Morgan fingerprint density at radius 1 is 1.18 bits per heavy atom. The van der Waals surface area contributed by atoms with E-state index in [1.165, 1.54) is 43.2 Å². The normalized spacial score (nSPS) is 18.7. The second-order valence-electron chi connectivity index (χ2n) is 8.82. The number of rotatable bonds is 7. The number of carbonyl (C=O) groups excluding carboxylic acids is 1. The lowest BCUT2D eigenvalue weighted by Crippen LogP contribution is -2.42. The second kappa shape index (κ2) is 10.4. The van der Waals surface area contributed by atoms with Gasteiger partial charge in [0.1, 0.15) is 12.0 Å². The molecule has 0 spiro atoms. The van der Waals surface area contributed by atoms with E-state index in [-0.39, 0.29) is 17.4 Å². The van der Waals surface area contributed by atoms with E-state index in [0.29, 0.717) is 36.3 Å². The van der Waals surface area contributed by atoms with Gasteiger partial charge in [-0.05, 0) is 93.9 Å². The number of amides is 1. The first-order valence-corrected chi connectivity index (χ1v) is 11.6. The molecular formula is C25H30FN3O4. The Balaban J connectivity index is 1.59. The maximum Gasteiger partial charge on any atom is 0.269 e. The predicted octanol–water partition coefficient (Wildman–Crippen LogP) is 4.85. The van der Waals surface area contributed by atoms with Crippen molar-refractivity contribution in [2.45, 2.75) is 51.7 Å². The summed E-state index contributed by atoms with van der Waals surface area (Å²) in [6.45, 7) is 5.46. The fourth-order valence-electron chi connectivity index (χ4n) is 4.78. The quantitative estimate of drug-likeness (QED) is 0.339. The molecule has 1 atom stereocenters. The van der Waals surface area contributed by atoms with Gasteiger partial charge in [0.05, 0.1) is 17.2 Å². The Bertz CT molecular complexity index is 1020. The van der Waals surface area contributed by atoms with E-state index < -0.39 is 11.2 Å². The highest BCUT2D eigenvalue weighted by Crippen LogP contribution is 2.33. The van der Waals surface area contributed by atoms with Crippen molar-refractivity contribution in [3.05, 3.63) is 69.0 Å². The lowest BCUT2D eigenvalue weighted by atomic mass is 10.0. The van der Waals surface area contributed by atoms with Crippen molar-refractivity contribution in [3.63, 3.8) is 0 Å². The molecule has 4 rings (SSSR count). The highest BCUT2D eigenvalue weighted by atomic mass is 19.1. The number of non-ortho nitro benzene ring substituents is 1. The number of nitro groups is 1. The van der Waals surface area contributed by atoms with Crippen LogP contribution in [0.1, 0.15) is 53.6 Å². The molecule has 2 heterocycles. The first-order valence-electron chi connectivity index (χ1n) is 11.6. The Morgan fingerprint density at radius 2 is 1.97 bits per heavy atom. The van der Waals surface area contributed by atoms with Crippen LogP contribution in [-0.2, 0) is 11.2 Å². The Kier molecular flexibility index (Phi) is 7.35. The topological polar surface area (TPSA) is 75.9 Å². The number of carbonyl (C=O) groups is 1. The molecule has 1 fully saturated rings. The van der Waals surface area contributed by atoms with Crippen molar-refractivity contribution in [3.8, 4) is 0 Å². The lowest BCUT2D eigenvalue weighted by Gasteiger charge is -2.32. The van der Waals surface area contributed by atoms with Crippen molar-refractivity contribution in [2.24, 2.45) is 0 Å². The number of aryl methyl sites for hydroxylation is 2. The number of likely N-dealkylation sites (tertiary alicyclic amines) is 1. The van der Waals surface area contributed by atoms with Crippen LogP contribution in [0.25, 0.3) is 0 Å². The van der Waals surface area contributed by atoms with Gasteiger partial charge in [0.25, 0.3) is 11.6 Å². The molecule has 7 nitrogen and oxygen atoms in total. The molecule has 0 saturated carbocycles. The lowest BCUT2D eigenvalue weighted by molar-refractivity contribution is -0.384. The molecule has 33 heavy (non-hydrogen) atoms. The Morgan fingerprint density at radius 3 is 2.70 bits per heavy atom. The van der Waals surface area contributed by atoms with Gasteiger partial charge in [-0.15, -0.1) is 0 Å². The maximum absolute atomic E-state index is 14.0. The second-order valence-corrected chi connectivity index (χ2v) is 8.82. The van der Waals surface area contributed by atoms with Gasteiger partial charge in [0.2, 0.25) is 0 Å². The molecular weight excluding hydrogens is 425 g/mol. The van der Waals surface area contributed by atoms with E-state index in [1.54, 1.807) is 17.9 Å². The third kappa shape index (κ3) is 5.39. The van der Waals surface area contributed by atoms with E-state index in [0.717, 1.165) is 38.0 Å². The van der Waals surface area contributed by atoms with Crippen molar-refractivity contribution in [1.29, 1.82) is 0 Å². The highest BCUT2D eigenvalue weighted by molar-refractivity contribution is 6.08. The summed E-state index contributed by atoms with van der Waals surface area (Å²) in [6, 6.07) is 8.72. The number of fused-ring (bicyclic) bond motifs is 1. The van der Waals surface area contributed by atoms with Gasteiger partial charge < -0.3 is 9.64 Å². The minimum atomic E-state index is -0.475. The summed E-state index contributed by atoms with van der Waals surface area (Å²) in [5, 5.41) is 11.1. The van der Waals surface area contributed by atoms with Crippen LogP contribution in [0.3, 0.4) is 0 Å². The van der Waals surface area contributed by atoms with Crippen molar-refractivity contribution in [1.82, 2.24) is 4.90 Å². The van der Waals surface area contributed by atoms with E-state index in [2.05, 4.69) is 4.90 Å². The van der Waals surface area contributed by atoms with Crippen LogP contribution in [0.2, 0.25) is 0 Å². The van der Waals surface area contributed by atoms with Gasteiger partial charge in [-0.2, -0.15) is 0 Å². The predicted molar refractivity (Wildman–Crippen MR) is 124 cm³/mol. The first-order chi connectivity index (χ1) is 15.9. The standard InChI is InChI=1S/C25H30FN3O4/c1-18-16-21(29(31)32)9-10-22(18)25(30)28-23-11-8-20(26)17-19(23)6-4-7-24(28)33-15-5-14-27-12-2-3-13-27/h8-11,16-17,24H,2-7,12-15H2,1H3. The van der Waals surface area contributed by atoms with E-state index in [1.807, 2.05) is 0 Å². The first kappa shape index (κ1) is 23.3. The van der Waals surface area contributed by atoms with Gasteiger partial charge >= 0.3 is 0 Å². The number of benzene rings is 2. The van der Waals surface area contributed by atoms with Gasteiger partial charge in [0, 0.05) is 24.2 Å². The van der Waals surface area contributed by atoms with Crippen LogP contribution in [-0.4, -0.2) is 48.2 Å². The zero-order valence-corrected chi connectivity index (χ0v) is 19.0. The summed E-state index contributed by atoms with van der Waals surface area (Å²) >= 11 is 0. The average Bonchev–Trinajstić information content (AvgIpc) is 3.24. The number of ether oxygens (including phenoxy) is 1. The SMILES string of the molecule is Cc1cc([N+](=O)[O-])ccc1C(=O)N1c2ccc(F)cc2CCCC1OCCCN1CCCC1. The molecule has 0 bridgehead atoms. The minimum Gasteiger partial charge on any atom is -0.358 e. The molecule has 0 N–H and O–H groups in total. The zero-order valence-electron chi connectivity index (χ0n) is 19.0. The third-order valence-corrected chi connectivity index (χ3v) is 6.48. The summed E-state index contributed by atoms with van der Waals surface area (Å²) in [5.74, 6) is -0.626. The van der Waals surface area contributed by atoms with Crippen LogP contribution in [0, 0.1) is 22.9 Å². The molecule has 2 aliphatic rings. The third-order valence-electron chi connectivity index (χ3n) is 6.48. The van der Waals surface area contributed by atoms with Gasteiger partial charge in [-0.25, -0.2) is 4.39 Å². The number of anilines is 1. The fraction of sp³-hybridized carbons (Fsp3) is 0.480. The summed E-state index contributed by atoms with van der Waals surface area (Å²) in [5.41, 5.74) is 2.25. The van der Waals surface area contributed by atoms with Crippen LogP contribution in [0.15, 0.2) is 36.4 Å². The van der Waals surface area contributed by atoms with Crippen LogP contribution in [0.4, 0.5) is 15.8 Å². The highest BCUT2D eigenvalue weighted by Gasteiger charge is 2.32. The number of halogens is 1. The zero-order chi connectivity index (χ0) is 23.4. The molecule has 2 aromatic carbocycles. The molecule has 0 aliphatic carbocycles. The average molecular weight is 456 g/mol. The molecule has 8 heteroatoms. The van der Waals surface area contributed by atoms with E-state index >= 15 is 0 Å². The summed E-state index contributed by atoms with van der Waals surface area (Å²) in [6.07, 6.45) is 4.96. The van der Waals surface area contributed by atoms with Gasteiger partial charge in [-0.1, -0.05) is 0 Å². The molecule has 1 saturated heterocycles. The Hall–Kier alpha value is -2.84. The largest absolute Gasteiger partial charge is 0.358 e. The smallest absolute Gasteiger partial charge is 0.269 e. The van der Waals surface area contributed by atoms with Crippen LogP contribution in [0.5, 0.6) is 0 Å². The summed E-state index contributed by atoms with van der Waals surface area (Å²) < 4.78 is 20.2. The van der Waals surface area contributed by atoms with Crippen molar-refractivity contribution >= 4 is 17.3 Å². The fourth-order valence-corrected chi connectivity index (χ4v) is 4.78. The molecule has 2 aromatic rings. The minimum absolute atomic E-state index is 0.0582. The van der Waals surface area contributed by atoms with Crippen molar-refractivity contribution < 1.29 is 18.8 Å². The van der Waals surface area contributed by atoms with Crippen molar-refractivity contribution in [2.75, 3.05) is 31.1 Å². The summed E-state index contributed by atoms with van der Waals surface area (Å²) in [7, 11) is 0. The maximum atomic E-state index is 14.0. The molecule has 1 amide bonds. The van der Waals surface area contributed by atoms with Crippen LogP contribution < -0.4 is 4.90 Å². The van der Waals surface area contributed by atoms with E-state index in [9.17, 15) is 19.3 Å².